The second-order valence-corrected chi connectivity index (χ2v) is 10.5. The van der Waals surface area contributed by atoms with E-state index in [1.165, 1.54) is 26.8 Å². The smallest absolute Gasteiger partial charge is 0.416 e. The molecule has 2 aromatic rings. The Balaban J connectivity index is 1.59. The van der Waals surface area contributed by atoms with Gasteiger partial charge in [-0.15, -0.1) is 0 Å². The molecule has 1 spiro atoms. The summed E-state index contributed by atoms with van der Waals surface area (Å²) >= 11 is 0. The standard InChI is InChI=1S/C27H27F3N4O4/c1-25(2,3)38-24(37)33-16-26(17-33)23(36)32(13-19-6-4-18(12-31)5-7-19)15-22(35)34(26)14-20-8-10-21(11-9-20)27(28,29)30/h4-11H,13-17H2,1-3H3. The van der Waals surface area contributed by atoms with Crippen molar-refractivity contribution in [3.63, 3.8) is 0 Å². The van der Waals surface area contributed by atoms with Crippen molar-refractivity contribution in [2.24, 2.45) is 0 Å². The maximum absolute atomic E-state index is 13.8. The zero-order chi connectivity index (χ0) is 27.9. The number of piperazine rings is 1. The predicted octanol–water partition coefficient (Wildman–Crippen LogP) is 3.94. The summed E-state index contributed by atoms with van der Waals surface area (Å²) < 4.78 is 44.4. The molecule has 0 N–H and O–H groups in total. The summed E-state index contributed by atoms with van der Waals surface area (Å²) in [7, 11) is 0. The molecule has 0 aliphatic carbocycles. The van der Waals surface area contributed by atoms with Crippen molar-refractivity contribution in [3.05, 3.63) is 70.8 Å². The lowest BCUT2D eigenvalue weighted by Gasteiger charge is -2.57. The molecule has 0 radical (unpaired) electrons. The number of carbonyl (C=O) groups is 3. The van der Waals surface area contributed by atoms with Crippen LogP contribution in [0.4, 0.5) is 18.0 Å². The maximum Gasteiger partial charge on any atom is 0.416 e. The van der Waals surface area contributed by atoms with E-state index in [2.05, 4.69) is 0 Å². The van der Waals surface area contributed by atoms with Crippen LogP contribution in [0.2, 0.25) is 0 Å². The average Bonchev–Trinajstić information content (AvgIpc) is 2.80. The Morgan fingerprint density at radius 3 is 2.05 bits per heavy atom. The molecular formula is C27H27F3N4O4. The molecule has 2 heterocycles. The molecule has 0 saturated carbocycles. The normalized spacial score (nSPS) is 17.3. The minimum absolute atomic E-state index is 0.0877. The molecule has 2 saturated heterocycles. The maximum atomic E-state index is 13.8. The Kier molecular flexibility index (Phi) is 6.86. The summed E-state index contributed by atoms with van der Waals surface area (Å²) in [6.45, 7) is 4.75. The van der Waals surface area contributed by atoms with Gasteiger partial charge < -0.3 is 19.4 Å². The highest BCUT2D eigenvalue weighted by Crippen LogP contribution is 2.37. The van der Waals surface area contributed by atoms with Crippen LogP contribution in [0.1, 0.15) is 43.0 Å². The Morgan fingerprint density at radius 1 is 0.974 bits per heavy atom. The lowest BCUT2D eigenvalue weighted by Crippen LogP contribution is -2.81. The Hall–Kier alpha value is -4.07. The van der Waals surface area contributed by atoms with Gasteiger partial charge in [-0.25, -0.2) is 4.79 Å². The number of carbonyl (C=O) groups excluding carboxylic acids is 3. The van der Waals surface area contributed by atoms with Crippen LogP contribution in [0.5, 0.6) is 0 Å². The number of nitriles is 1. The first-order valence-electron chi connectivity index (χ1n) is 11.9. The van der Waals surface area contributed by atoms with Gasteiger partial charge in [0.1, 0.15) is 12.1 Å². The van der Waals surface area contributed by atoms with Gasteiger partial charge in [0.2, 0.25) is 5.91 Å². The van der Waals surface area contributed by atoms with Crippen molar-refractivity contribution in [2.75, 3.05) is 19.6 Å². The molecule has 0 unspecified atom stereocenters. The topological polar surface area (TPSA) is 94.0 Å². The summed E-state index contributed by atoms with van der Waals surface area (Å²) in [5.41, 5.74) is -1.34. The van der Waals surface area contributed by atoms with Gasteiger partial charge in [-0.1, -0.05) is 24.3 Å². The minimum atomic E-state index is -4.50. The monoisotopic (exact) mass is 528 g/mol. The van der Waals surface area contributed by atoms with Gasteiger partial charge in [-0.2, -0.15) is 18.4 Å². The average molecular weight is 529 g/mol. The van der Waals surface area contributed by atoms with Crippen LogP contribution in [0, 0.1) is 11.3 Å². The van der Waals surface area contributed by atoms with Crippen molar-refractivity contribution in [1.29, 1.82) is 5.26 Å². The van der Waals surface area contributed by atoms with Gasteiger partial charge >= 0.3 is 12.3 Å². The van der Waals surface area contributed by atoms with E-state index in [0.717, 1.165) is 17.7 Å². The minimum Gasteiger partial charge on any atom is -0.444 e. The zero-order valence-corrected chi connectivity index (χ0v) is 21.2. The molecule has 2 aromatic carbocycles. The summed E-state index contributed by atoms with van der Waals surface area (Å²) in [6, 6.07) is 13.1. The highest BCUT2D eigenvalue weighted by molar-refractivity contribution is 6.00. The third kappa shape index (κ3) is 5.44. The fourth-order valence-electron chi connectivity index (χ4n) is 4.57. The van der Waals surface area contributed by atoms with Crippen molar-refractivity contribution in [2.45, 2.75) is 51.2 Å². The van der Waals surface area contributed by atoms with Crippen molar-refractivity contribution < 1.29 is 32.3 Å². The fourth-order valence-corrected chi connectivity index (χ4v) is 4.57. The van der Waals surface area contributed by atoms with Crippen LogP contribution in [0.25, 0.3) is 0 Å². The van der Waals surface area contributed by atoms with Crippen LogP contribution >= 0.6 is 0 Å². The molecule has 4 rings (SSSR count). The molecule has 3 amide bonds. The van der Waals surface area contributed by atoms with Gasteiger partial charge in [-0.3, -0.25) is 9.59 Å². The number of ether oxygens (including phenoxy) is 1. The third-order valence-corrected chi connectivity index (χ3v) is 6.46. The number of nitrogens with zero attached hydrogens (tertiary/aromatic N) is 4. The lowest BCUT2D eigenvalue weighted by atomic mass is 9.83. The number of likely N-dealkylation sites (tertiary alicyclic amines) is 1. The highest BCUT2D eigenvalue weighted by atomic mass is 19.4. The molecule has 38 heavy (non-hydrogen) atoms. The van der Waals surface area contributed by atoms with E-state index >= 15 is 0 Å². The molecule has 8 nitrogen and oxygen atoms in total. The summed E-state index contributed by atoms with van der Waals surface area (Å²) in [5.74, 6) is -0.754. The molecule has 2 aliphatic rings. The van der Waals surface area contributed by atoms with Crippen LogP contribution < -0.4 is 0 Å². The van der Waals surface area contributed by atoms with Crippen LogP contribution in [0.15, 0.2) is 48.5 Å². The fraction of sp³-hybridized carbons (Fsp3) is 0.407. The molecule has 0 atom stereocenters. The van der Waals surface area contributed by atoms with E-state index in [-0.39, 0.29) is 44.5 Å². The molecule has 0 aromatic heterocycles. The van der Waals surface area contributed by atoms with Crippen molar-refractivity contribution in [3.8, 4) is 6.07 Å². The van der Waals surface area contributed by atoms with E-state index in [0.29, 0.717) is 11.1 Å². The van der Waals surface area contributed by atoms with E-state index < -0.39 is 29.0 Å². The number of benzene rings is 2. The quantitative estimate of drug-likeness (QED) is 0.600. The second-order valence-electron chi connectivity index (χ2n) is 10.5. The van der Waals surface area contributed by atoms with E-state index in [9.17, 15) is 27.6 Å². The number of amides is 3. The Morgan fingerprint density at radius 2 is 1.53 bits per heavy atom. The van der Waals surface area contributed by atoms with Crippen LogP contribution in [0.3, 0.4) is 0 Å². The number of halogens is 3. The number of rotatable bonds is 4. The number of hydrogen-bond donors (Lipinski definition) is 0. The van der Waals surface area contributed by atoms with Gasteiger partial charge in [0.05, 0.1) is 30.3 Å². The zero-order valence-electron chi connectivity index (χ0n) is 21.2. The SMILES string of the molecule is CC(C)(C)OC(=O)N1CC2(C1)C(=O)N(Cc1ccc(C#N)cc1)CC(=O)N2Cc1ccc(C(F)(F)F)cc1. The van der Waals surface area contributed by atoms with Gasteiger partial charge in [0.25, 0.3) is 5.91 Å². The van der Waals surface area contributed by atoms with Crippen molar-refractivity contribution >= 4 is 17.9 Å². The van der Waals surface area contributed by atoms with Gasteiger partial charge in [0, 0.05) is 13.1 Å². The summed E-state index contributed by atoms with van der Waals surface area (Å²) in [6.07, 6.45) is -5.12. The van der Waals surface area contributed by atoms with Crippen LogP contribution in [-0.2, 0) is 33.6 Å². The number of alkyl halides is 3. The molecule has 2 aliphatic heterocycles. The highest BCUT2D eigenvalue weighted by Gasteiger charge is 2.61. The first-order chi connectivity index (χ1) is 17.7. The Labute approximate surface area is 218 Å². The van der Waals surface area contributed by atoms with E-state index in [1.54, 1.807) is 45.0 Å². The van der Waals surface area contributed by atoms with Crippen molar-refractivity contribution in [1.82, 2.24) is 14.7 Å². The lowest BCUT2D eigenvalue weighted by molar-refractivity contribution is -0.179. The van der Waals surface area contributed by atoms with Gasteiger partial charge in [-0.05, 0) is 56.2 Å². The predicted molar refractivity (Wildman–Crippen MR) is 129 cm³/mol. The largest absolute Gasteiger partial charge is 0.444 e. The Bertz CT molecular complexity index is 1270. The molecule has 0 bridgehead atoms. The first-order valence-corrected chi connectivity index (χ1v) is 11.9. The molecule has 2 fully saturated rings. The molecule has 200 valence electrons. The number of hydrogen-bond acceptors (Lipinski definition) is 5. The summed E-state index contributed by atoms with van der Waals surface area (Å²) in [5, 5.41) is 9.02. The third-order valence-electron chi connectivity index (χ3n) is 6.46. The van der Waals surface area contributed by atoms with E-state index in [1.807, 2.05) is 6.07 Å². The van der Waals surface area contributed by atoms with Gasteiger partial charge in [0.15, 0.2) is 5.54 Å². The van der Waals surface area contributed by atoms with Crippen LogP contribution in [-0.4, -0.2) is 63.4 Å². The summed E-state index contributed by atoms with van der Waals surface area (Å²) in [4.78, 5) is 43.9. The molecular weight excluding hydrogens is 501 g/mol. The second kappa shape index (κ2) is 9.67. The van der Waals surface area contributed by atoms with E-state index in [4.69, 9.17) is 10.00 Å². The first kappa shape index (κ1) is 27.0. The molecule has 11 heteroatoms.